The van der Waals surface area contributed by atoms with Crippen molar-refractivity contribution in [2.75, 3.05) is 67.7 Å². The first-order valence-electron chi connectivity index (χ1n) is 49.9. The summed E-state index contributed by atoms with van der Waals surface area (Å²) in [5, 5.41) is 12.1. The minimum absolute atomic E-state index is 0.0344. The highest BCUT2D eigenvalue weighted by atomic mass is 16.5. The Morgan fingerprint density at radius 3 is 0.820 bits per heavy atom. The van der Waals surface area contributed by atoms with E-state index in [1.807, 2.05) is 144 Å². The predicted molar refractivity (Wildman–Crippen MR) is 516 cm³/mol. The largest absolute Gasteiger partial charge is 0.469 e. The number of hydrogen-bond acceptors (Lipinski definition) is 16. The molecule has 0 aromatic carbocycles. The van der Waals surface area contributed by atoms with Crippen molar-refractivity contribution in [3.05, 3.63) is 0 Å². The van der Waals surface area contributed by atoms with Gasteiger partial charge in [-0.2, -0.15) is 0 Å². The Balaban J connectivity index is 0.000000854. The van der Waals surface area contributed by atoms with Crippen molar-refractivity contribution < 1.29 is 76.5 Å². The van der Waals surface area contributed by atoms with Gasteiger partial charge in [0, 0.05) is 123 Å². The van der Waals surface area contributed by atoms with E-state index in [9.17, 15) is 57.5 Å². The second-order valence-corrected chi connectivity index (χ2v) is 45.3. The summed E-state index contributed by atoms with van der Waals surface area (Å²) in [6.45, 7) is 64.9. The number of ether oxygens (including phenoxy) is 4. The number of methoxy groups -OCH3 is 2. The fourth-order valence-corrected chi connectivity index (χ4v) is 21.3. The number of carbonyl (C=O) groups excluding carboxylic acids is 12. The molecule has 4 fully saturated rings. The van der Waals surface area contributed by atoms with Gasteiger partial charge in [0.25, 0.3) is 0 Å². The van der Waals surface area contributed by atoms with Crippen LogP contribution in [0.25, 0.3) is 0 Å². The molecule has 744 valence electrons. The van der Waals surface area contributed by atoms with Gasteiger partial charge in [-0.05, 0) is 247 Å². The van der Waals surface area contributed by atoms with Gasteiger partial charge in [-0.3, -0.25) is 57.5 Å². The third kappa shape index (κ3) is 38.3. The number of likely N-dealkylation sites (tertiary alicyclic amines) is 4. The number of rotatable bonds is 48. The van der Waals surface area contributed by atoms with E-state index < -0.39 is 43.3 Å². The fourth-order valence-electron chi connectivity index (χ4n) is 21.3. The average Bonchev–Trinajstić information content (AvgIpc) is 0.992. The molecule has 0 radical (unpaired) electrons. The number of hydrogen-bond donors (Lipinski definition) is 4. The van der Waals surface area contributed by atoms with Gasteiger partial charge in [-0.1, -0.05) is 176 Å². The third-order valence-corrected chi connectivity index (χ3v) is 28.6. The van der Waals surface area contributed by atoms with Crippen molar-refractivity contribution in [3.8, 4) is 0 Å². The summed E-state index contributed by atoms with van der Waals surface area (Å²) in [5.74, 6) is 0.0712. The van der Waals surface area contributed by atoms with Gasteiger partial charge in [-0.25, -0.2) is 0 Å². The van der Waals surface area contributed by atoms with Crippen LogP contribution in [0.4, 0.5) is 0 Å². The van der Waals surface area contributed by atoms with Gasteiger partial charge in [-0.15, -0.1) is 0 Å². The zero-order valence-corrected chi connectivity index (χ0v) is 88.1. The number of unbranched alkanes of at least 4 members (excludes halogenated alkanes) is 2. The first-order valence-corrected chi connectivity index (χ1v) is 49.9. The lowest BCUT2D eigenvalue weighted by Gasteiger charge is -2.42. The highest BCUT2D eigenvalue weighted by molar-refractivity contribution is 5.88. The van der Waals surface area contributed by atoms with E-state index in [2.05, 4.69) is 104 Å². The number of carbonyl (C=O) groups is 12. The van der Waals surface area contributed by atoms with Crippen molar-refractivity contribution in [1.29, 1.82) is 0 Å². The quantitative estimate of drug-likeness (QED) is 0.0325. The van der Waals surface area contributed by atoms with Crippen molar-refractivity contribution in [2.24, 2.45) is 66.0 Å². The standard InChI is InChI=1S/2C27H50N2O4.2C25H46N2O4/c1-11-26(8,22(31)28-25(6,7)18-24(3,4)5)19-27(9,23(32)33-10)17-20(2)29-16-14-12-13-15-21(29)30;1-8-11-15-22(9-2)19-33-25(32)26(5,10-3)20-27(6,24(31)28-7)18-21(4)29-17-14-12-13-16-23(29)30;1-11-24(8,20(29)26-23(6,7)16-22(3,4)5)17-25(9,21(30)31-10)15-18(2)27-14-12-13-19(27)28;1-8-11-13-20(9-2)17-31-23(30)24(5,10-3)18-25(6,22(29)26-7)16-19(4)27-15-12-14-21(27)28/h20H,11-19H2,1-10H3,(H,28,31);21-22H,8-20H2,1-7H3,(H,28,31);18H,11-17H2,1-10H3,(H,26,29);19-20H,8-18H2,1-7H3,(H,26,29). The monoisotopic (exact) mass is 1810 g/mol. The SMILES string of the molecule is CCC(C)(CC(C)(CC(C)N1CCCC1=O)C(=O)OC)C(=O)NC(C)(C)CC(C)(C)C.CCC(C)(CC(C)(CC(C)N1CCCCCC1=O)C(=O)OC)C(=O)NC(C)(C)CC(C)(C)C.CCCCC(CC)COC(=O)C(C)(CC)CC(C)(CC(C)N1CCCC1=O)C(=O)NC.CCCCC(CC)COC(=O)C(C)(CC)CC(C)(CC(C)N1CCCCCC1=O)C(=O)NC. The maximum absolute atomic E-state index is 13.5. The molecule has 0 aromatic heterocycles. The molecule has 0 aromatic rings. The van der Waals surface area contributed by atoms with Crippen molar-refractivity contribution in [1.82, 2.24) is 40.9 Å². The summed E-state index contributed by atoms with van der Waals surface area (Å²) >= 11 is 0. The molecule has 128 heavy (non-hydrogen) atoms. The minimum atomic E-state index is -0.878. The van der Waals surface area contributed by atoms with Crippen LogP contribution in [-0.4, -0.2) is 194 Å². The molecule has 0 spiro atoms. The fraction of sp³-hybridized carbons (Fsp3) is 0.885. The van der Waals surface area contributed by atoms with Gasteiger partial charge < -0.3 is 59.8 Å². The molecule has 0 bridgehead atoms. The van der Waals surface area contributed by atoms with Crippen molar-refractivity contribution >= 4 is 71.1 Å². The normalized spacial score (nSPS) is 20.1. The number of esters is 4. The molecular weight excluding hydrogens is 1620 g/mol. The van der Waals surface area contributed by atoms with Crippen LogP contribution in [-0.2, 0) is 76.5 Å². The Hall–Kier alpha value is -6.36. The molecule has 14 unspecified atom stereocenters. The Morgan fingerprint density at radius 2 is 0.586 bits per heavy atom. The van der Waals surface area contributed by atoms with Crippen LogP contribution in [0.2, 0.25) is 0 Å². The molecule has 4 aliphatic heterocycles. The molecule has 4 rings (SSSR count). The molecule has 14 atom stereocenters. The maximum atomic E-state index is 13.5. The molecule has 4 heterocycles. The van der Waals surface area contributed by atoms with Crippen molar-refractivity contribution in [3.63, 3.8) is 0 Å². The van der Waals surface area contributed by atoms with Gasteiger partial charge in [0.2, 0.25) is 47.3 Å². The van der Waals surface area contributed by atoms with E-state index in [0.29, 0.717) is 128 Å². The van der Waals surface area contributed by atoms with Crippen LogP contribution >= 0.6 is 0 Å². The predicted octanol–water partition coefficient (Wildman–Crippen LogP) is 20.4. The Kier molecular flexibility index (Phi) is 50.0. The minimum Gasteiger partial charge on any atom is -0.469 e. The van der Waals surface area contributed by atoms with Crippen LogP contribution < -0.4 is 21.3 Å². The summed E-state index contributed by atoms with van der Waals surface area (Å²) in [4.78, 5) is 163. The number of amides is 8. The zero-order chi connectivity index (χ0) is 98.6. The van der Waals surface area contributed by atoms with E-state index >= 15 is 0 Å². The second kappa shape index (κ2) is 53.5. The van der Waals surface area contributed by atoms with Gasteiger partial charge in [0.15, 0.2) is 0 Å². The van der Waals surface area contributed by atoms with E-state index in [-0.39, 0.29) is 117 Å². The van der Waals surface area contributed by atoms with Crippen molar-refractivity contribution in [2.45, 2.75) is 461 Å². The van der Waals surface area contributed by atoms with Crippen LogP contribution in [0.1, 0.15) is 426 Å². The van der Waals surface area contributed by atoms with Gasteiger partial charge in [0.1, 0.15) is 0 Å². The smallest absolute Gasteiger partial charge is 0.311 e. The molecule has 8 amide bonds. The lowest BCUT2D eigenvalue weighted by Crippen LogP contribution is -2.53. The van der Waals surface area contributed by atoms with Crippen LogP contribution in [0.3, 0.4) is 0 Å². The Labute approximate surface area is 779 Å². The molecular formula is C104H192N8O16. The second-order valence-electron chi connectivity index (χ2n) is 45.3. The first-order chi connectivity index (χ1) is 59.1. The van der Waals surface area contributed by atoms with E-state index in [0.717, 1.165) is 142 Å². The molecule has 0 aliphatic carbocycles. The van der Waals surface area contributed by atoms with E-state index in [1.165, 1.54) is 14.2 Å². The highest BCUT2D eigenvalue weighted by Gasteiger charge is 2.52. The summed E-state index contributed by atoms with van der Waals surface area (Å²) in [6, 6.07) is -0.289. The topological polar surface area (TPSA) is 303 Å². The van der Waals surface area contributed by atoms with E-state index in [1.54, 1.807) is 14.1 Å². The van der Waals surface area contributed by atoms with Gasteiger partial charge in [0.05, 0.1) is 49.1 Å². The summed E-state index contributed by atoms with van der Waals surface area (Å²) in [7, 11) is 6.07. The Bertz CT molecular complexity index is 3500. The molecule has 4 aliphatic rings. The summed E-state index contributed by atoms with van der Waals surface area (Å²) < 4.78 is 22.0. The number of nitrogens with one attached hydrogen (secondary N) is 4. The highest BCUT2D eigenvalue weighted by Crippen LogP contribution is 2.48. The lowest BCUT2D eigenvalue weighted by atomic mass is 9.68. The summed E-state index contributed by atoms with van der Waals surface area (Å²) in [6.07, 6.45) is 26.3. The average molecular weight is 1810 g/mol. The van der Waals surface area contributed by atoms with Crippen LogP contribution in [0, 0.1) is 66.0 Å². The molecule has 4 saturated heterocycles. The molecule has 0 saturated carbocycles. The Morgan fingerprint density at radius 1 is 0.328 bits per heavy atom. The van der Waals surface area contributed by atoms with E-state index in [4.69, 9.17) is 18.9 Å². The lowest BCUT2D eigenvalue weighted by molar-refractivity contribution is -0.161. The number of nitrogens with zero attached hydrogens (tertiary/aromatic N) is 4. The first kappa shape index (κ1) is 120. The maximum Gasteiger partial charge on any atom is 0.311 e. The molecule has 24 nitrogen and oxygen atoms in total. The summed E-state index contributed by atoms with van der Waals surface area (Å²) in [5.41, 5.74) is -6.83. The van der Waals surface area contributed by atoms with Gasteiger partial charge >= 0.3 is 23.9 Å². The molecule has 4 N–H and O–H groups in total. The third-order valence-electron chi connectivity index (χ3n) is 28.6. The molecule has 24 heteroatoms. The van der Waals surface area contributed by atoms with Crippen LogP contribution in [0.5, 0.6) is 0 Å². The zero-order valence-electron chi connectivity index (χ0n) is 88.1. The van der Waals surface area contributed by atoms with Crippen LogP contribution in [0.15, 0.2) is 0 Å².